The number of ether oxygens (including phenoxy) is 1. The van der Waals surface area contributed by atoms with Gasteiger partial charge in [0.05, 0.1) is 17.7 Å². The predicted octanol–water partition coefficient (Wildman–Crippen LogP) is 4.57. The van der Waals surface area contributed by atoms with Crippen LogP contribution in [0.15, 0.2) is 36.4 Å². The van der Waals surface area contributed by atoms with Crippen molar-refractivity contribution in [2.24, 2.45) is 0 Å². The zero-order valence-corrected chi connectivity index (χ0v) is 17.7. The number of benzene rings is 2. The Hall–Kier alpha value is -1.80. The Bertz CT molecular complexity index is 826. The van der Waals surface area contributed by atoms with Gasteiger partial charge in [0.1, 0.15) is 5.75 Å². The van der Waals surface area contributed by atoms with Crippen LogP contribution in [-0.4, -0.2) is 30.4 Å². The van der Waals surface area contributed by atoms with E-state index in [2.05, 4.69) is 27.9 Å². The minimum atomic E-state index is -0.309. The third-order valence-corrected chi connectivity index (χ3v) is 5.40. The molecule has 0 aliphatic rings. The highest BCUT2D eigenvalue weighted by Crippen LogP contribution is 2.29. The SMILES string of the molecule is CCN(Cc1cccc(NC(=O)c2cc(Cl)c(I)cc2OC)c1)C(C)=O. The first-order valence-electron chi connectivity index (χ1n) is 8.04. The van der Waals surface area contributed by atoms with Crippen LogP contribution in [0.25, 0.3) is 0 Å². The number of amides is 2. The van der Waals surface area contributed by atoms with Crippen molar-refractivity contribution in [2.75, 3.05) is 19.0 Å². The van der Waals surface area contributed by atoms with Gasteiger partial charge in [0.25, 0.3) is 5.91 Å². The van der Waals surface area contributed by atoms with Gasteiger partial charge in [-0.15, -0.1) is 0 Å². The Labute approximate surface area is 171 Å². The van der Waals surface area contributed by atoms with Gasteiger partial charge in [-0.3, -0.25) is 9.59 Å². The van der Waals surface area contributed by atoms with Crippen LogP contribution in [0.2, 0.25) is 5.02 Å². The van der Waals surface area contributed by atoms with Gasteiger partial charge in [0, 0.05) is 29.3 Å². The van der Waals surface area contributed by atoms with Crippen molar-refractivity contribution in [1.82, 2.24) is 4.90 Å². The maximum absolute atomic E-state index is 12.6. The van der Waals surface area contributed by atoms with Crippen molar-refractivity contribution in [3.8, 4) is 5.75 Å². The number of nitrogens with one attached hydrogen (secondary N) is 1. The second kappa shape index (κ2) is 9.23. The third-order valence-electron chi connectivity index (χ3n) is 3.87. The molecule has 2 aromatic rings. The molecule has 2 aromatic carbocycles. The number of carbonyl (C=O) groups excluding carboxylic acids is 2. The molecule has 0 atom stereocenters. The standard InChI is InChI=1S/C19H20ClIN2O3/c1-4-23(12(2)24)11-13-6-5-7-14(8-13)22-19(25)15-9-16(20)17(21)10-18(15)26-3/h5-10H,4,11H2,1-3H3,(H,22,25). The lowest BCUT2D eigenvalue weighted by molar-refractivity contribution is -0.129. The van der Waals surface area contributed by atoms with Crippen LogP contribution in [0.1, 0.15) is 29.8 Å². The average molecular weight is 487 g/mol. The van der Waals surface area contributed by atoms with E-state index in [9.17, 15) is 9.59 Å². The summed E-state index contributed by atoms with van der Waals surface area (Å²) in [7, 11) is 1.51. The van der Waals surface area contributed by atoms with E-state index in [1.165, 1.54) is 7.11 Å². The van der Waals surface area contributed by atoms with Crippen LogP contribution < -0.4 is 10.1 Å². The second-order valence-electron chi connectivity index (χ2n) is 5.65. The van der Waals surface area contributed by atoms with Crippen LogP contribution >= 0.6 is 34.2 Å². The monoisotopic (exact) mass is 486 g/mol. The fraction of sp³-hybridized carbons (Fsp3) is 0.263. The van der Waals surface area contributed by atoms with Gasteiger partial charge in [-0.05, 0) is 59.3 Å². The highest BCUT2D eigenvalue weighted by atomic mass is 127. The zero-order valence-electron chi connectivity index (χ0n) is 14.8. The van der Waals surface area contributed by atoms with E-state index >= 15 is 0 Å². The first-order chi connectivity index (χ1) is 12.3. The molecular weight excluding hydrogens is 467 g/mol. The third kappa shape index (κ3) is 5.11. The molecule has 1 N–H and O–H groups in total. The molecule has 0 spiro atoms. The van der Waals surface area contributed by atoms with Crippen LogP contribution in [0.4, 0.5) is 5.69 Å². The van der Waals surface area contributed by atoms with Gasteiger partial charge in [-0.25, -0.2) is 0 Å². The number of hydrogen-bond acceptors (Lipinski definition) is 3. The summed E-state index contributed by atoms with van der Waals surface area (Å²) in [5.74, 6) is 0.164. The molecule has 2 rings (SSSR count). The van der Waals surface area contributed by atoms with Gasteiger partial charge < -0.3 is 15.0 Å². The van der Waals surface area contributed by atoms with E-state index in [1.807, 2.05) is 25.1 Å². The highest BCUT2D eigenvalue weighted by molar-refractivity contribution is 14.1. The molecule has 0 aromatic heterocycles. The van der Waals surface area contributed by atoms with E-state index < -0.39 is 0 Å². The topological polar surface area (TPSA) is 58.6 Å². The molecule has 0 unspecified atom stereocenters. The first-order valence-corrected chi connectivity index (χ1v) is 9.50. The Balaban J connectivity index is 2.21. The van der Waals surface area contributed by atoms with Crippen molar-refractivity contribution in [3.05, 3.63) is 56.1 Å². The quantitative estimate of drug-likeness (QED) is 0.609. The molecule has 26 heavy (non-hydrogen) atoms. The molecule has 7 heteroatoms. The summed E-state index contributed by atoms with van der Waals surface area (Å²) in [4.78, 5) is 25.9. The number of methoxy groups -OCH3 is 1. The number of halogens is 2. The molecule has 0 saturated heterocycles. The summed E-state index contributed by atoms with van der Waals surface area (Å²) in [6.45, 7) is 4.60. The van der Waals surface area contributed by atoms with Gasteiger partial charge in [-0.1, -0.05) is 23.7 Å². The van der Waals surface area contributed by atoms with Crippen LogP contribution in [0.3, 0.4) is 0 Å². The lowest BCUT2D eigenvalue weighted by Crippen LogP contribution is -2.27. The lowest BCUT2D eigenvalue weighted by atomic mass is 10.1. The van der Waals surface area contributed by atoms with Crippen molar-refractivity contribution in [1.29, 1.82) is 0 Å². The van der Waals surface area contributed by atoms with Gasteiger partial charge in [0.2, 0.25) is 5.91 Å². The normalized spacial score (nSPS) is 10.3. The highest BCUT2D eigenvalue weighted by Gasteiger charge is 2.16. The second-order valence-corrected chi connectivity index (χ2v) is 7.22. The molecule has 0 aliphatic carbocycles. The molecule has 138 valence electrons. The number of carbonyl (C=O) groups is 2. The van der Waals surface area contributed by atoms with E-state index in [4.69, 9.17) is 16.3 Å². The van der Waals surface area contributed by atoms with Crippen molar-refractivity contribution in [3.63, 3.8) is 0 Å². The largest absolute Gasteiger partial charge is 0.496 e. The van der Waals surface area contributed by atoms with Crippen molar-refractivity contribution >= 4 is 51.7 Å². The van der Waals surface area contributed by atoms with Gasteiger partial charge >= 0.3 is 0 Å². The van der Waals surface area contributed by atoms with Gasteiger partial charge in [0.15, 0.2) is 0 Å². The van der Waals surface area contributed by atoms with E-state index in [0.717, 1.165) is 9.13 Å². The summed E-state index contributed by atoms with van der Waals surface area (Å²) in [6, 6.07) is 10.7. The predicted molar refractivity (Wildman–Crippen MR) is 112 cm³/mol. The summed E-state index contributed by atoms with van der Waals surface area (Å²) < 4.78 is 6.10. The number of anilines is 1. The molecule has 0 radical (unpaired) electrons. The minimum Gasteiger partial charge on any atom is -0.496 e. The number of rotatable bonds is 6. The maximum atomic E-state index is 12.6. The zero-order chi connectivity index (χ0) is 19.3. The summed E-state index contributed by atoms with van der Waals surface area (Å²) in [5.41, 5.74) is 1.94. The van der Waals surface area contributed by atoms with E-state index in [-0.39, 0.29) is 11.8 Å². The van der Waals surface area contributed by atoms with Crippen LogP contribution in [0, 0.1) is 3.57 Å². The fourth-order valence-electron chi connectivity index (χ4n) is 2.49. The molecule has 0 heterocycles. The summed E-state index contributed by atoms with van der Waals surface area (Å²) >= 11 is 8.22. The molecule has 0 fully saturated rings. The summed E-state index contributed by atoms with van der Waals surface area (Å²) in [6.07, 6.45) is 0. The smallest absolute Gasteiger partial charge is 0.259 e. The number of nitrogens with zero attached hydrogens (tertiary/aromatic N) is 1. The average Bonchev–Trinajstić information content (AvgIpc) is 2.61. The molecule has 0 bridgehead atoms. The van der Waals surface area contributed by atoms with E-state index in [1.54, 1.807) is 30.0 Å². The Kier molecular flexibility index (Phi) is 7.28. The maximum Gasteiger partial charge on any atom is 0.259 e. The van der Waals surface area contributed by atoms with Crippen LogP contribution in [-0.2, 0) is 11.3 Å². The molecule has 0 saturated carbocycles. The molecular formula is C19H20ClIN2O3. The van der Waals surface area contributed by atoms with Gasteiger partial charge in [-0.2, -0.15) is 0 Å². The molecule has 5 nitrogen and oxygen atoms in total. The molecule has 2 amide bonds. The lowest BCUT2D eigenvalue weighted by Gasteiger charge is -2.19. The fourth-order valence-corrected chi connectivity index (χ4v) is 3.09. The van der Waals surface area contributed by atoms with Crippen molar-refractivity contribution < 1.29 is 14.3 Å². The Morgan fingerprint density at radius 1 is 1.27 bits per heavy atom. The van der Waals surface area contributed by atoms with Crippen LogP contribution in [0.5, 0.6) is 5.75 Å². The Morgan fingerprint density at radius 3 is 2.62 bits per heavy atom. The Morgan fingerprint density at radius 2 is 2.00 bits per heavy atom. The number of hydrogen-bond donors (Lipinski definition) is 1. The first kappa shape index (κ1) is 20.5. The summed E-state index contributed by atoms with van der Waals surface area (Å²) in [5, 5.41) is 3.35. The van der Waals surface area contributed by atoms with Crippen molar-refractivity contribution in [2.45, 2.75) is 20.4 Å². The van der Waals surface area contributed by atoms with E-state index in [0.29, 0.717) is 35.1 Å². The molecule has 0 aliphatic heterocycles. The minimum absolute atomic E-state index is 0.0141.